The van der Waals surface area contributed by atoms with Gasteiger partial charge in [0.1, 0.15) is 6.04 Å². The van der Waals surface area contributed by atoms with Crippen molar-refractivity contribution in [3.05, 3.63) is 34.9 Å². The summed E-state index contributed by atoms with van der Waals surface area (Å²) in [5.74, 6) is -2.63. The van der Waals surface area contributed by atoms with Gasteiger partial charge in [0.2, 0.25) is 0 Å². The van der Waals surface area contributed by atoms with Gasteiger partial charge in [0.25, 0.3) is 0 Å². The van der Waals surface area contributed by atoms with Crippen LogP contribution in [-0.4, -0.2) is 40.8 Å². The van der Waals surface area contributed by atoms with Gasteiger partial charge in [-0.25, -0.2) is 0 Å². The summed E-state index contributed by atoms with van der Waals surface area (Å²) in [5, 5.41) is 17.8. The van der Waals surface area contributed by atoms with Gasteiger partial charge in [0.15, 0.2) is 0 Å². The van der Waals surface area contributed by atoms with Crippen LogP contribution in [0.15, 0.2) is 18.2 Å². The number of benzene rings is 1. The number of nitrogens with two attached hydrogens (primary N) is 1. The number of carboxylic acid groups (broad SMARTS) is 2. The van der Waals surface area contributed by atoms with E-state index < -0.39 is 23.9 Å². The van der Waals surface area contributed by atoms with Gasteiger partial charge in [-0.1, -0.05) is 18.2 Å². The van der Waals surface area contributed by atoms with Crippen molar-refractivity contribution in [2.45, 2.75) is 32.2 Å². The van der Waals surface area contributed by atoms with Gasteiger partial charge in [-0.3, -0.25) is 14.4 Å². The Bertz CT molecular complexity index is 569. The quantitative estimate of drug-likeness (QED) is 0.592. The molecule has 7 nitrogen and oxygen atoms in total. The second-order valence-corrected chi connectivity index (χ2v) is 4.81. The van der Waals surface area contributed by atoms with Crippen LogP contribution in [0.5, 0.6) is 0 Å². The van der Waals surface area contributed by atoms with Crippen LogP contribution in [0.1, 0.15) is 23.6 Å². The van der Waals surface area contributed by atoms with Gasteiger partial charge in [0.05, 0.1) is 19.4 Å². The minimum absolute atomic E-state index is 0.193. The summed E-state index contributed by atoms with van der Waals surface area (Å²) in [7, 11) is 0. The van der Waals surface area contributed by atoms with Crippen LogP contribution in [-0.2, 0) is 38.4 Å². The number of aliphatic carboxylic acids is 2. The van der Waals surface area contributed by atoms with Crippen LogP contribution in [0.3, 0.4) is 0 Å². The standard InChI is InChI=1S/C15H19NO6/c1-2-22-15(21)12(16)6-9-3-4-10(7-13(17)18)11(5-9)8-14(19)20/h3-5,12H,2,6-8,16H2,1H3,(H,17,18)(H,19,20)/t12-/m0/s1. The molecule has 1 rings (SSSR count). The van der Waals surface area contributed by atoms with Crippen LogP contribution in [0.4, 0.5) is 0 Å². The molecule has 0 aliphatic rings. The molecular weight excluding hydrogens is 290 g/mol. The molecule has 0 heterocycles. The molecule has 0 radical (unpaired) electrons. The monoisotopic (exact) mass is 309 g/mol. The lowest BCUT2D eigenvalue weighted by atomic mass is 9.96. The molecule has 0 fully saturated rings. The van der Waals surface area contributed by atoms with Crippen LogP contribution in [0, 0.1) is 0 Å². The SMILES string of the molecule is CCOC(=O)[C@@H](N)Cc1ccc(CC(=O)O)c(CC(=O)O)c1. The van der Waals surface area contributed by atoms with E-state index in [2.05, 4.69) is 0 Å². The van der Waals surface area contributed by atoms with Gasteiger partial charge in [0, 0.05) is 0 Å². The van der Waals surface area contributed by atoms with Gasteiger partial charge in [-0.05, 0) is 30.0 Å². The second-order valence-electron chi connectivity index (χ2n) is 4.81. The molecule has 1 atom stereocenters. The molecule has 1 aromatic rings. The molecule has 0 unspecified atom stereocenters. The van der Waals surface area contributed by atoms with E-state index in [1.54, 1.807) is 25.1 Å². The smallest absolute Gasteiger partial charge is 0.323 e. The van der Waals surface area contributed by atoms with Gasteiger partial charge in [-0.2, -0.15) is 0 Å². The summed E-state index contributed by atoms with van der Waals surface area (Å²) < 4.78 is 4.81. The predicted molar refractivity (Wildman–Crippen MR) is 77.4 cm³/mol. The molecule has 0 aliphatic carbocycles. The Labute approximate surface area is 127 Å². The zero-order chi connectivity index (χ0) is 16.7. The number of hydrogen-bond acceptors (Lipinski definition) is 5. The lowest BCUT2D eigenvalue weighted by molar-refractivity contribution is -0.144. The van der Waals surface area contributed by atoms with E-state index in [4.69, 9.17) is 20.7 Å². The summed E-state index contributed by atoms with van der Waals surface area (Å²) in [5.41, 5.74) is 7.22. The van der Waals surface area contributed by atoms with Crippen LogP contribution in [0.25, 0.3) is 0 Å². The van der Waals surface area contributed by atoms with Crippen molar-refractivity contribution in [2.75, 3.05) is 6.61 Å². The fourth-order valence-electron chi connectivity index (χ4n) is 2.06. The maximum Gasteiger partial charge on any atom is 0.323 e. The third kappa shape index (κ3) is 5.53. The van der Waals surface area contributed by atoms with Gasteiger partial charge < -0.3 is 20.7 Å². The van der Waals surface area contributed by atoms with E-state index >= 15 is 0 Å². The molecule has 4 N–H and O–H groups in total. The highest BCUT2D eigenvalue weighted by Crippen LogP contribution is 2.16. The fourth-order valence-corrected chi connectivity index (χ4v) is 2.06. The van der Waals surface area contributed by atoms with E-state index in [9.17, 15) is 14.4 Å². The summed E-state index contributed by atoms with van der Waals surface area (Å²) in [6.45, 7) is 1.91. The van der Waals surface area contributed by atoms with E-state index in [1.165, 1.54) is 0 Å². The van der Waals surface area contributed by atoms with E-state index in [1.807, 2.05) is 0 Å². The highest BCUT2D eigenvalue weighted by molar-refractivity contribution is 5.76. The lowest BCUT2D eigenvalue weighted by Crippen LogP contribution is -2.34. The molecule has 0 saturated carbocycles. The predicted octanol–water partition coefficient (Wildman–Crippen LogP) is 0.374. The van der Waals surface area contributed by atoms with Crippen LogP contribution < -0.4 is 5.73 Å². The summed E-state index contributed by atoms with van der Waals surface area (Å²) >= 11 is 0. The molecule has 0 saturated heterocycles. The minimum atomic E-state index is -1.06. The summed E-state index contributed by atoms with van der Waals surface area (Å²) in [6, 6.07) is 3.93. The Hall–Kier alpha value is -2.41. The zero-order valence-electron chi connectivity index (χ0n) is 12.2. The number of carbonyl (C=O) groups excluding carboxylic acids is 1. The molecule has 0 spiro atoms. The van der Waals surface area contributed by atoms with Crippen molar-refractivity contribution in [3.63, 3.8) is 0 Å². The average Bonchev–Trinajstić information content (AvgIpc) is 2.40. The Morgan fingerprint density at radius 1 is 1.14 bits per heavy atom. The maximum absolute atomic E-state index is 11.5. The molecule has 0 aliphatic heterocycles. The van der Waals surface area contributed by atoms with E-state index in [0.717, 1.165) is 0 Å². The van der Waals surface area contributed by atoms with Crippen molar-refractivity contribution in [2.24, 2.45) is 5.73 Å². The number of esters is 1. The van der Waals surface area contributed by atoms with Crippen molar-refractivity contribution in [3.8, 4) is 0 Å². The minimum Gasteiger partial charge on any atom is -0.481 e. The van der Waals surface area contributed by atoms with Crippen LogP contribution in [0.2, 0.25) is 0 Å². The molecule has 120 valence electrons. The summed E-state index contributed by atoms with van der Waals surface area (Å²) in [4.78, 5) is 33.2. The first-order valence-corrected chi connectivity index (χ1v) is 6.80. The first-order chi connectivity index (χ1) is 10.3. The van der Waals surface area contributed by atoms with Crippen LogP contribution >= 0.6 is 0 Å². The third-order valence-corrected chi connectivity index (χ3v) is 3.00. The molecule has 7 heteroatoms. The highest BCUT2D eigenvalue weighted by Gasteiger charge is 2.17. The first kappa shape index (κ1) is 17.6. The van der Waals surface area contributed by atoms with Gasteiger partial charge in [-0.15, -0.1) is 0 Å². The third-order valence-electron chi connectivity index (χ3n) is 3.00. The normalized spacial score (nSPS) is 11.7. The fraction of sp³-hybridized carbons (Fsp3) is 0.400. The number of rotatable bonds is 8. The highest BCUT2D eigenvalue weighted by atomic mass is 16.5. The molecule has 0 aromatic heterocycles. The topological polar surface area (TPSA) is 127 Å². The molecule has 1 aromatic carbocycles. The molecular formula is C15H19NO6. The largest absolute Gasteiger partial charge is 0.481 e. The Kier molecular flexibility index (Phi) is 6.52. The molecule has 22 heavy (non-hydrogen) atoms. The molecule has 0 amide bonds. The Balaban J connectivity index is 2.95. The van der Waals surface area contributed by atoms with E-state index in [-0.39, 0.29) is 25.9 Å². The Morgan fingerprint density at radius 3 is 2.27 bits per heavy atom. The number of hydrogen-bond donors (Lipinski definition) is 3. The zero-order valence-corrected chi connectivity index (χ0v) is 12.2. The number of ether oxygens (including phenoxy) is 1. The number of carbonyl (C=O) groups is 3. The second kappa shape index (κ2) is 8.14. The Morgan fingerprint density at radius 2 is 1.73 bits per heavy atom. The number of carboxylic acids is 2. The van der Waals surface area contributed by atoms with Crippen molar-refractivity contribution < 1.29 is 29.3 Å². The first-order valence-electron chi connectivity index (χ1n) is 6.80. The van der Waals surface area contributed by atoms with E-state index in [0.29, 0.717) is 16.7 Å². The molecule has 0 bridgehead atoms. The van der Waals surface area contributed by atoms with Crippen molar-refractivity contribution in [1.29, 1.82) is 0 Å². The van der Waals surface area contributed by atoms with Crippen molar-refractivity contribution >= 4 is 17.9 Å². The average molecular weight is 309 g/mol. The maximum atomic E-state index is 11.5. The van der Waals surface area contributed by atoms with Crippen molar-refractivity contribution in [1.82, 2.24) is 0 Å². The lowest BCUT2D eigenvalue weighted by Gasteiger charge is -2.13. The summed E-state index contributed by atoms with van der Waals surface area (Å²) in [6.07, 6.45) is -0.350. The van der Waals surface area contributed by atoms with Gasteiger partial charge >= 0.3 is 17.9 Å².